The standard InChI is InChI=1S/C24H27N5O3/c1-2-27-24(32)28-20-7-3-4-8-22(20)29(21-13-14-26-16-19(21)23(25)31)18-11-9-17(10-12-18)6-5-15-30/h3-4,7-14,16,30H,2,5-6,15H2,1H3,(H2,25,31)(H2,27,28,32). The molecule has 0 saturated heterocycles. The number of nitrogens with zero attached hydrogens (tertiary/aromatic N) is 2. The van der Waals surface area contributed by atoms with Crippen LogP contribution in [-0.4, -0.2) is 35.2 Å². The highest BCUT2D eigenvalue weighted by molar-refractivity contribution is 6.02. The zero-order valence-electron chi connectivity index (χ0n) is 17.9. The number of nitrogens with two attached hydrogens (primary N) is 1. The molecule has 8 nitrogen and oxygen atoms in total. The van der Waals surface area contributed by atoms with Crippen LogP contribution in [0.25, 0.3) is 0 Å². The fraction of sp³-hybridized carbons (Fsp3) is 0.208. The fourth-order valence-corrected chi connectivity index (χ4v) is 3.38. The lowest BCUT2D eigenvalue weighted by Gasteiger charge is -2.29. The van der Waals surface area contributed by atoms with Crippen LogP contribution >= 0.6 is 0 Å². The molecular weight excluding hydrogens is 406 g/mol. The first-order valence-electron chi connectivity index (χ1n) is 10.4. The molecule has 3 aromatic rings. The normalized spacial score (nSPS) is 10.4. The van der Waals surface area contributed by atoms with Gasteiger partial charge in [-0.2, -0.15) is 0 Å². The van der Waals surface area contributed by atoms with Gasteiger partial charge in [0.2, 0.25) is 0 Å². The Balaban J connectivity index is 2.13. The quantitative estimate of drug-likeness (QED) is 0.410. The van der Waals surface area contributed by atoms with Crippen molar-refractivity contribution in [2.45, 2.75) is 19.8 Å². The number of carbonyl (C=O) groups excluding carboxylic acids is 2. The van der Waals surface area contributed by atoms with Gasteiger partial charge in [-0.05, 0) is 55.7 Å². The molecule has 1 heterocycles. The van der Waals surface area contributed by atoms with E-state index >= 15 is 0 Å². The highest BCUT2D eigenvalue weighted by Gasteiger charge is 2.21. The number of para-hydroxylation sites is 2. The second-order valence-corrected chi connectivity index (χ2v) is 7.09. The van der Waals surface area contributed by atoms with E-state index in [2.05, 4.69) is 15.6 Å². The molecule has 1 aromatic heterocycles. The van der Waals surface area contributed by atoms with E-state index in [-0.39, 0.29) is 18.2 Å². The van der Waals surface area contributed by atoms with Crippen molar-refractivity contribution in [2.75, 3.05) is 23.4 Å². The topological polar surface area (TPSA) is 121 Å². The van der Waals surface area contributed by atoms with Gasteiger partial charge in [0.1, 0.15) is 0 Å². The number of rotatable bonds is 9. The van der Waals surface area contributed by atoms with Gasteiger partial charge in [-0.25, -0.2) is 4.79 Å². The smallest absolute Gasteiger partial charge is 0.319 e. The van der Waals surface area contributed by atoms with Gasteiger partial charge in [-0.15, -0.1) is 0 Å². The number of hydrogen-bond acceptors (Lipinski definition) is 5. The lowest BCUT2D eigenvalue weighted by atomic mass is 10.1. The van der Waals surface area contributed by atoms with Crippen molar-refractivity contribution in [3.63, 3.8) is 0 Å². The maximum atomic E-state index is 12.2. The number of primary amides is 1. The second kappa shape index (κ2) is 10.9. The number of hydrogen-bond donors (Lipinski definition) is 4. The first-order valence-corrected chi connectivity index (χ1v) is 10.4. The third-order valence-electron chi connectivity index (χ3n) is 4.85. The Morgan fingerprint density at radius 3 is 2.50 bits per heavy atom. The largest absolute Gasteiger partial charge is 0.396 e. The van der Waals surface area contributed by atoms with Gasteiger partial charge in [0.25, 0.3) is 5.91 Å². The lowest BCUT2D eigenvalue weighted by Crippen LogP contribution is -2.29. The van der Waals surface area contributed by atoms with Crippen molar-refractivity contribution in [3.8, 4) is 0 Å². The Morgan fingerprint density at radius 2 is 1.81 bits per heavy atom. The summed E-state index contributed by atoms with van der Waals surface area (Å²) in [5.74, 6) is -0.605. The zero-order chi connectivity index (χ0) is 22.9. The molecule has 5 N–H and O–H groups in total. The average molecular weight is 434 g/mol. The van der Waals surface area contributed by atoms with Gasteiger partial charge >= 0.3 is 6.03 Å². The number of urea groups is 1. The maximum absolute atomic E-state index is 12.2. The molecule has 0 saturated carbocycles. The number of anilines is 4. The maximum Gasteiger partial charge on any atom is 0.319 e. The number of amides is 3. The Bertz CT molecular complexity index is 1070. The van der Waals surface area contributed by atoms with Crippen LogP contribution in [0.1, 0.15) is 29.3 Å². The van der Waals surface area contributed by atoms with Crippen molar-refractivity contribution in [1.82, 2.24) is 10.3 Å². The van der Waals surface area contributed by atoms with Crippen molar-refractivity contribution in [3.05, 3.63) is 78.1 Å². The molecule has 0 radical (unpaired) electrons. The molecule has 0 aliphatic heterocycles. The van der Waals surface area contributed by atoms with Crippen LogP contribution in [0.2, 0.25) is 0 Å². The number of carbonyl (C=O) groups is 2. The number of pyridine rings is 1. The fourth-order valence-electron chi connectivity index (χ4n) is 3.38. The van der Waals surface area contributed by atoms with Gasteiger partial charge in [0.05, 0.1) is 22.6 Å². The van der Waals surface area contributed by atoms with Crippen LogP contribution in [0.5, 0.6) is 0 Å². The number of benzene rings is 2. The molecular formula is C24H27N5O3. The Hall–Kier alpha value is -3.91. The molecule has 0 spiro atoms. The SMILES string of the molecule is CCNC(=O)Nc1ccccc1N(c1ccc(CCCO)cc1)c1ccncc1C(N)=O. The summed E-state index contributed by atoms with van der Waals surface area (Å²) in [5.41, 5.74) is 9.52. The van der Waals surface area contributed by atoms with E-state index in [1.54, 1.807) is 18.3 Å². The monoisotopic (exact) mass is 433 g/mol. The molecule has 0 unspecified atom stereocenters. The summed E-state index contributed by atoms with van der Waals surface area (Å²) in [4.78, 5) is 30.3. The summed E-state index contributed by atoms with van der Waals surface area (Å²) in [6.45, 7) is 2.46. The van der Waals surface area contributed by atoms with Gasteiger partial charge in [0.15, 0.2) is 0 Å². The van der Waals surface area contributed by atoms with E-state index in [4.69, 9.17) is 10.8 Å². The molecule has 3 rings (SSSR count). The van der Waals surface area contributed by atoms with E-state index in [1.807, 2.05) is 54.3 Å². The molecule has 3 amide bonds. The number of aryl methyl sites for hydroxylation is 1. The van der Waals surface area contributed by atoms with E-state index in [0.29, 0.717) is 30.0 Å². The van der Waals surface area contributed by atoms with Crippen LogP contribution in [0.15, 0.2) is 67.0 Å². The minimum absolute atomic E-state index is 0.131. The van der Waals surface area contributed by atoms with Crippen LogP contribution in [-0.2, 0) is 6.42 Å². The van der Waals surface area contributed by atoms with Crippen LogP contribution in [0.4, 0.5) is 27.5 Å². The van der Waals surface area contributed by atoms with Gasteiger partial charge in [-0.3, -0.25) is 9.78 Å². The summed E-state index contributed by atoms with van der Waals surface area (Å²) >= 11 is 0. The minimum atomic E-state index is -0.605. The summed E-state index contributed by atoms with van der Waals surface area (Å²) in [7, 11) is 0. The highest BCUT2D eigenvalue weighted by Crippen LogP contribution is 2.40. The predicted molar refractivity (Wildman–Crippen MR) is 126 cm³/mol. The van der Waals surface area contributed by atoms with E-state index in [9.17, 15) is 9.59 Å². The molecule has 0 bridgehead atoms. The Labute approximate surface area is 187 Å². The van der Waals surface area contributed by atoms with Crippen molar-refractivity contribution < 1.29 is 14.7 Å². The summed E-state index contributed by atoms with van der Waals surface area (Å²) < 4.78 is 0. The summed E-state index contributed by atoms with van der Waals surface area (Å²) in [6, 6.07) is 16.5. The number of aliphatic hydroxyl groups is 1. The molecule has 166 valence electrons. The molecule has 0 fully saturated rings. The molecule has 2 aromatic carbocycles. The van der Waals surface area contributed by atoms with E-state index in [0.717, 1.165) is 17.7 Å². The third kappa shape index (κ3) is 5.41. The Morgan fingerprint density at radius 1 is 1.06 bits per heavy atom. The molecule has 8 heteroatoms. The predicted octanol–water partition coefficient (Wildman–Crippen LogP) is 3.72. The third-order valence-corrected chi connectivity index (χ3v) is 4.85. The molecule has 32 heavy (non-hydrogen) atoms. The number of aromatic nitrogens is 1. The zero-order valence-corrected chi connectivity index (χ0v) is 17.9. The Kier molecular flexibility index (Phi) is 7.77. The van der Waals surface area contributed by atoms with Crippen LogP contribution < -0.4 is 21.3 Å². The van der Waals surface area contributed by atoms with Gasteiger partial charge in [0, 0.05) is 31.2 Å². The summed E-state index contributed by atoms with van der Waals surface area (Å²) in [6.07, 6.45) is 4.46. The van der Waals surface area contributed by atoms with E-state index < -0.39 is 5.91 Å². The molecule has 0 aliphatic carbocycles. The number of aliphatic hydroxyl groups excluding tert-OH is 1. The first-order chi connectivity index (χ1) is 15.5. The van der Waals surface area contributed by atoms with Crippen molar-refractivity contribution in [1.29, 1.82) is 0 Å². The minimum Gasteiger partial charge on any atom is -0.396 e. The number of nitrogens with one attached hydrogen (secondary N) is 2. The average Bonchev–Trinajstić information content (AvgIpc) is 2.80. The van der Waals surface area contributed by atoms with Crippen molar-refractivity contribution in [2.24, 2.45) is 5.73 Å². The molecule has 0 atom stereocenters. The van der Waals surface area contributed by atoms with E-state index in [1.165, 1.54) is 6.20 Å². The summed E-state index contributed by atoms with van der Waals surface area (Å²) in [5, 5.41) is 14.7. The first kappa shape index (κ1) is 22.8. The van der Waals surface area contributed by atoms with Crippen LogP contribution in [0, 0.1) is 0 Å². The van der Waals surface area contributed by atoms with Gasteiger partial charge < -0.3 is 26.4 Å². The van der Waals surface area contributed by atoms with Crippen LogP contribution in [0.3, 0.4) is 0 Å². The second-order valence-electron chi connectivity index (χ2n) is 7.09. The van der Waals surface area contributed by atoms with Gasteiger partial charge in [-0.1, -0.05) is 24.3 Å². The lowest BCUT2D eigenvalue weighted by molar-refractivity contribution is 0.100. The molecule has 0 aliphatic rings. The van der Waals surface area contributed by atoms with Crippen molar-refractivity contribution >= 4 is 34.7 Å². The highest BCUT2D eigenvalue weighted by atomic mass is 16.3.